The lowest BCUT2D eigenvalue weighted by molar-refractivity contribution is 0.181. The van der Waals surface area contributed by atoms with Crippen molar-refractivity contribution >= 4 is 23.3 Å². The molecule has 3 aromatic rings. The lowest BCUT2D eigenvalue weighted by atomic mass is 10.1. The number of carbonyl (C=O) groups excluding carboxylic acids is 1. The van der Waals surface area contributed by atoms with Gasteiger partial charge in [-0.15, -0.1) is 0 Å². The van der Waals surface area contributed by atoms with Crippen LogP contribution in [-0.4, -0.2) is 15.5 Å². The van der Waals surface area contributed by atoms with Gasteiger partial charge in [0.2, 0.25) is 0 Å². The molecule has 1 aliphatic heterocycles. The van der Waals surface area contributed by atoms with Crippen LogP contribution in [0.3, 0.4) is 0 Å². The van der Waals surface area contributed by atoms with Gasteiger partial charge < -0.3 is 14.8 Å². The minimum atomic E-state index is -0.114. The van der Waals surface area contributed by atoms with E-state index in [1.165, 1.54) is 0 Å². The van der Waals surface area contributed by atoms with Crippen LogP contribution in [0.25, 0.3) is 5.69 Å². The van der Waals surface area contributed by atoms with Crippen LogP contribution in [0.1, 0.15) is 36.2 Å². The van der Waals surface area contributed by atoms with Gasteiger partial charge in [0.1, 0.15) is 0 Å². The Morgan fingerprint density at radius 3 is 2.78 bits per heavy atom. The molecule has 27 heavy (non-hydrogen) atoms. The molecule has 5 heteroatoms. The molecule has 1 atom stereocenters. The van der Waals surface area contributed by atoms with Gasteiger partial charge in [0.25, 0.3) is 0 Å². The Balaban J connectivity index is 1.74. The number of halogens is 1. The SMILES string of the molecule is CC[C@H]1c2cccn2-c2ccccc2CN1C(=O)Nc1cccc(Cl)c1C. The third-order valence-corrected chi connectivity index (χ3v) is 5.66. The second-order valence-corrected chi connectivity index (χ2v) is 7.23. The van der Waals surface area contributed by atoms with Gasteiger partial charge in [0, 0.05) is 22.6 Å². The van der Waals surface area contributed by atoms with Crippen LogP contribution in [0, 0.1) is 6.92 Å². The van der Waals surface area contributed by atoms with Gasteiger partial charge in [-0.05, 0) is 54.8 Å². The monoisotopic (exact) mass is 379 g/mol. The summed E-state index contributed by atoms with van der Waals surface area (Å²) in [4.78, 5) is 15.2. The average molecular weight is 380 g/mol. The van der Waals surface area contributed by atoms with E-state index in [4.69, 9.17) is 11.6 Å². The zero-order chi connectivity index (χ0) is 19.0. The lowest BCUT2D eigenvalue weighted by Gasteiger charge is -2.30. The number of fused-ring (bicyclic) bond motifs is 3. The van der Waals surface area contributed by atoms with Crippen molar-refractivity contribution in [1.29, 1.82) is 0 Å². The van der Waals surface area contributed by atoms with Crippen LogP contribution in [0.5, 0.6) is 0 Å². The number of benzene rings is 2. The van der Waals surface area contributed by atoms with Crippen LogP contribution < -0.4 is 5.32 Å². The van der Waals surface area contributed by atoms with E-state index in [0.29, 0.717) is 11.6 Å². The van der Waals surface area contributed by atoms with Crippen molar-refractivity contribution in [2.75, 3.05) is 5.32 Å². The number of urea groups is 1. The molecule has 0 fully saturated rings. The van der Waals surface area contributed by atoms with Crippen molar-refractivity contribution in [3.8, 4) is 5.69 Å². The van der Waals surface area contributed by atoms with E-state index in [1.807, 2.05) is 48.2 Å². The van der Waals surface area contributed by atoms with Crippen molar-refractivity contribution in [2.24, 2.45) is 0 Å². The van der Waals surface area contributed by atoms with Crippen molar-refractivity contribution in [3.05, 3.63) is 82.6 Å². The second-order valence-electron chi connectivity index (χ2n) is 6.83. The summed E-state index contributed by atoms with van der Waals surface area (Å²) in [7, 11) is 0. The largest absolute Gasteiger partial charge is 0.322 e. The second kappa shape index (κ2) is 7.12. The smallest absolute Gasteiger partial charge is 0.318 e. The van der Waals surface area contributed by atoms with Crippen LogP contribution in [0.4, 0.5) is 10.5 Å². The molecule has 1 N–H and O–H groups in total. The van der Waals surface area contributed by atoms with E-state index in [0.717, 1.165) is 34.6 Å². The van der Waals surface area contributed by atoms with Crippen molar-refractivity contribution in [3.63, 3.8) is 0 Å². The van der Waals surface area contributed by atoms with Gasteiger partial charge >= 0.3 is 6.03 Å². The Kier molecular flexibility index (Phi) is 4.66. The molecule has 1 aromatic heterocycles. The van der Waals surface area contributed by atoms with Gasteiger partial charge in [0.15, 0.2) is 0 Å². The van der Waals surface area contributed by atoms with Crippen LogP contribution in [0.2, 0.25) is 5.02 Å². The highest BCUT2D eigenvalue weighted by Crippen LogP contribution is 2.34. The quantitative estimate of drug-likeness (QED) is 0.588. The number of hydrogen-bond donors (Lipinski definition) is 1. The molecule has 2 heterocycles. The van der Waals surface area contributed by atoms with Crippen molar-refractivity contribution < 1.29 is 4.79 Å². The molecular weight excluding hydrogens is 358 g/mol. The zero-order valence-electron chi connectivity index (χ0n) is 15.4. The van der Waals surface area contributed by atoms with Crippen LogP contribution in [0.15, 0.2) is 60.8 Å². The summed E-state index contributed by atoms with van der Waals surface area (Å²) >= 11 is 6.22. The first kappa shape index (κ1) is 17.7. The van der Waals surface area contributed by atoms with E-state index >= 15 is 0 Å². The Hall–Kier alpha value is -2.72. The van der Waals surface area contributed by atoms with Crippen LogP contribution >= 0.6 is 11.6 Å². The summed E-state index contributed by atoms with van der Waals surface area (Å²) in [6.45, 7) is 4.59. The molecule has 0 saturated carbocycles. The standard InChI is InChI=1S/C22H22ClN3O/c1-3-19-21-12-7-13-25(21)20-11-5-4-8-16(20)14-26(19)22(27)24-18-10-6-9-17(23)15(18)2/h4-13,19H,3,14H2,1-2H3,(H,24,27)/t19-/m0/s1. The zero-order valence-corrected chi connectivity index (χ0v) is 16.2. The molecule has 1 aliphatic rings. The molecule has 0 radical (unpaired) electrons. The maximum absolute atomic E-state index is 13.3. The number of nitrogens with one attached hydrogen (secondary N) is 1. The first-order valence-corrected chi connectivity index (χ1v) is 9.56. The Morgan fingerprint density at radius 1 is 1.15 bits per heavy atom. The van der Waals surface area contributed by atoms with Gasteiger partial charge in [0.05, 0.1) is 18.3 Å². The van der Waals surface area contributed by atoms with Gasteiger partial charge in [-0.1, -0.05) is 42.8 Å². The molecule has 138 valence electrons. The fourth-order valence-electron chi connectivity index (χ4n) is 3.79. The Bertz CT molecular complexity index is 995. The fourth-order valence-corrected chi connectivity index (χ4v) is 3.97. The third kappa shape index (κ3) is 3.10. The summed E-state index contributed by atoms with van der Waals surface area (Å²) < 4.78 is 2.20. The van der Waals surface area contributed by atoms with Crippen molar-refractivity contribution in [2.45, 2.75) is 32.9 Å². The fraction of sp³-hybridized carbons (Fsp3) is 0.227. The molecule has 2 amide bonds. The Labute approximate surface area is 164 Å². The van der Waals surface area contributed by atoms with E-state index in [9.17, 15) is 4.79 Å². The third-order valence-electron chi connectivity index (χ3n) is 5.25. The number of anilines is 1. The molecule has 4 rings (SSSR count). The van der Waals surface area contributed by atoms with Gasteiger partial charge in [-0.3, -0.25) is 0 Å². The topological polar surface area (TPSA) is 37.3 Å². The minimum absolute atomic E-state index is 0.00751. The first-order valence-electron chi connectivity index (χ1n) is 9.18. The highest BCUT2D eigenvalue weighted by Gasteiger charge is 2.30. The van der Waals surface area contributed by atoms with Crippen LogP contribution in [-0.2, 0) is 6.54 Å². The molecule has 0 unspecified atom stereocenters. The number of amides is 2. The number of aromatic nitrogens is 1. The molecule has 4 nitrogen and oxygen atoms in total. The molecule has 0 spiro atoms. The summed E-state index contributed by atoms with van der Waals surface area (Å²) in [6.07, 6.45) is 2.90. The molecular formula is C22H22ClN3O. The molecule has 2 aromatic carbocycles. The molecule has 0 aliphatic carbocycles. The summed E-state index contributed by atoms with van der Waals surface area (Å²) in [5.41, 5.74) is 5.00. The van der Waals surface area contributed by atoms with E-state index in [-0.39, 0.29) is 12.1 Å². The first-order chi connectivity index (χ1) is 13.1. The predicted octanol–water partition coefficient (Wildman–Crippen LogP) is 5.94. The maximum atomic E-state index is 13.3. The Morgan fingerprint density at radius 2 is 1.96 bits per heavy atom. The lowest BCUT2D eigenvalue weighted by Crippen LogP contribution is -2.37. The van der Waals surface area contributed by atoms with Gasteiger partial charge in [-0.25, -0.2) is 4.79 Å². The highest BCUT2D eigenvalue weighted by atomic mass is 35.5. The van der Waals surface area contributed by atoms with Crippen molar-refractivity contribution in [1.82, 2.24) is 9.47 Å². The van der Waals surface area contributed by atoms with E-state index in [1.54, 1.807) is 0 Å². The number of rotatable bonds is 2. The normalized spacial score (nSPS) is 15.7. The molecule has 0 bridgehead atoms. The van der Waals surface area contributed by atoms with Gasteiger partial charge in [-0.2, -0.15) is 0 Å². The average Bonchev–Trinajstić information content (AvgIpc) is 3.10. The molecule has 0 saturated heterocycles. The summed E-state index contributed by atoms with van der Waals surface area (Å²) in [5.74, 6) is 0. The summed E-state index contributed by atoms with van der Waals surface area (Å²) in [6, 6.07) is 17.8. The maximum Gasteiger partial charge on any atom is 0.322 e. The predicted molar refractivity (Wildman–Crippen MR) is 110 cm³/mol. The number of nitrogens with zero attached hydrogens (tertiary/aromatic N) is 2. The highest BCUT2D eigenvalue weighted by molar-refractivity contribution is 6.31. The number of hydrogen-bond acceptors (Lipinski definition) is 1. The van der Waals surface area contributed by atoms with E-state index < -0.39 is 0 Å². The number of carbonyl (C=O) groups is 1. The summed E-state index contributed by atoms with van der Waals surface area (Å²) in [5, 5.41) is 3.71. The van der Waals surface area contributed by atoms with E-state index in [2.05, 4.69) is 41.2 Å². The number of para-hydroxylation sites is 1. The minimum Gasteiger partial charge on any atom is -0.318 e.